The first-order valence-electron chi connectivity index (χ1n) is 3.79. The van der Waals surface area contributed by atoms with Crippen LogP contribution in [0.2, 0.25) is 0 Å². The minimum Gasteiger partial charge on any atom is -0.480 e. The molecule has 0 spiro atoms. The third-order valence-corrected chi connectivity index (χ3v) is 1.36. The van der Waals surface area contributed by atoms with Gasteiger partial charge in [-0.25, -0.2) is 0 Å². The van der Waals surface area contributed by atoms with E-state index in [2.05, 4.69) is 5.32 Å². The van der Waals surface area contributed by atoms with Crippen molar-refractivity contribution in [3.05, 3.63) is 0 Å². The first kappa shape index (κ1) is 14.8. The van der Waals surface area contributed by atoms with E-state index in [0.29, 0.717) is 6.54 Å². The molecule has 3 N–H and O–H groups in total. The fraction of sp³-hybridized carbons (Fsp3) is 0.857. The smallest absolute Gasteiger partial charge is 0.320 e. The largest absolute Gasteiger partial charge is 0.480 e. The maximum atomic E-state index is 10.4. The Morgan fingerprint density at radius 1 is 1.58 bits per heavy atom. The van der Waals surface area contributed by atoms with Crippen LogP contribution in [0.1, 0.15) is 19.8 Å². The molecule has 4 nitrogen and oxygen atoms in total. The van der Waals surface area contributed by atoms with Gasteiger partial charge < -0.3 is 15.5 Å². The number of carboxylic acid groups (broad SMARTS) is 1. The molecule has 0 aromatic heterocycles. The Morgan fingerprint density at radius 3 is 2.50 bits per heavy atom. The molecular weight excluding hydrogens is 258 g/mol. The van der Waals surface area contributed by atoms with E-state index in [9.17, 15) is 4.79 Å². The zero-order valence-corrected chi connectivity index (χ0v) is 11.5. The molecule has 0 aliphatic heterocycles. The maximum Gasteiger partial charge on any atom is 0.320 e. The van der Waals surface area contributed by atoms with Crippen molar-refractivity contribution in [3.63, 3.8) is 0 Å². The molecule has 0 aromatic carbocycles. The van der Waals surface area contributed by atoms with E-state index >= 15 is 0 Å². The molecule has 5 heteroatoms. The number of carbonyl (C=O) groups is 1. The number of carboxylic acids is 1. The molecule has 0 aliphatic rings. The van der Waals surface area contributed by atoms with E-state index in [0.717, 1.165) is 6.42 Å². The first-order chi connectivity index (χ1) is 5.22. The topological polar surface area (TPSA) is 69.6 Å². The Labute approximate surface area is 92.5 Å². The van der Waals surface area contributed by atoms with E-state index in [4.69, 9.17) is 10.2 Å². The second kappa shape index (κ2) is 9.40. The summed E-state index contributed by atoms with van der Waals surface area (Å²) in [7, 11) is 0. The quantitative estimate of drug-likeness (QED) is 0.587. The van der Waals surface area contributed by atoms with Crippen molar-refractivity contribution in [2.24, 2.45) is 0 Å². The summed E-state index contributed by atoms with van der Waals surface area (Å²) >= 11 is 0. The van der Waals surface area contributed by atoms with Gasteiger partial charge in [0.25, 0.3) is 0 Å². The van der Waals surface area contributed by atoms with Gasteiger partial charge in [0, 0.05) is 33.9 Å². The fourth-order valence-electron chi connectivity index (χ4n) is 0.761. The van der Waals surface area contributed by atoms with Gasteiger partial charge >= 0.3 is 5.97 Å². The number of nitrogens with one attached hydrogen (secondary N) is 1. The molecule has 0 saturated heterocycles. The molecule has 0 heterocycles. The Hall–Kier alpha value is 0.312. The minimum atomic E-state index is -0.896. The van der Waals surface area contributed by atoms with Crippen molar-refractivity contribution in [1.29, 1.82) is 0 Å². The SMILES string of the molecule is CCCN[C@@H](CCO)C(=O)O.[Cd]. The maximum absolute atomic E-state index is 10.4. The third kappa shape index (κ3) is 6.99. The molecule has 0 saturated carbocycles. The number of aliphatic hydroxyl groups is 1. The van der Waals surface area contributed by atoms with Gasteiger partial charge in [0.1, 0.15) is 6.04 Å². The van der Waals surface area contributed by atoms with Crippen LogP contribution >= 0.6 is 0 Å². The summed E-state index contributed by atoms with van der Waals surface area (Å²) in [5.41, 5.74) is 0. The van der Waals surface area contributed by atoms with E-state index in [1.807, 2.05) is 6.92 Å². The fourth-order valence-corrected chi connectivity index (χ4v) is 0.761. The number of aliphatic hydroxyl groups excluding tert-OH is 1. The average Bonchev–Trinajstić information content (AvgIpc) is 1.97. The Kier molecular flexibility index (Phi) is 11.6. The molecule has 0 unspecified atom stereocenters. The van der Waals surface area contributed by atoms with E-state index in [1.165, 1.54) is 0 Å². The molecule has 0 aromatic rings. The van der Waals surface area contributed by atoms with Crippen molar-refractivity contribution in [2.45, 2.75) is 25.8 Å². The summed E-state index contributed by atoms with van der Waals surface area (Å²) in [6, 6.07) is -0.597. The Morgan fingerprint density at radius 2 is 2.17 bits per heavy atom. The van der Waals surface area contributed by atoms with Crippen LogP contribution in [0.15, 0.2) is 0 Å². The monoisotopic (exact) mass is 275 g/mol. The van der Waals surface area contributed by atoms with Gasteiger partial charge in [-0.1, -0.05) is 6.92 Å². The second-order valence-corrected chi connectivity index (χ2v) is 2.36. The van der Waals surface area contributed by atoms with E-state index < -0.39 is 12.0 Å². The summed E-state index contributed by atoms with van der Waals surface area (Å²) in [5, 5.41) is 19.8. The average molecular weight is 274 g/mol. The van der Waals surface area contributed by atoms with Gasteiger partial charge in [0.2, 0.25) is 0 Å². The van der Waals surface area contributed by atoms with Crippen LogP contribution in [0, 0.1) is 0 Å². The summed E-state index contributed by atoms with van der Waals surface area (Å²) in [6.45, 7) is 2.55. The van der Waals surface area contributed by atoms with Crippen LogP contribution in [-0.4, -0.2) is 35.4 Å². The summed E-state index contributed by atoms with van der Waals surface area (Å²) in [4.78, 5) is 10.4. The molecule has 0 bridgehead atoms. The van der Waals surface area contributed by atoms with Crippen LogP contribution in [0.5, 0.6) is 0 Å². The number of hydrogen-bond donors (Lipinski definition) is 3. The van der Waals surface area contributed by atoms with Crippen LogP contribution in [-0.2, 0) is 32.1 Å². The van der Waals surface area contributed by atoms with Crippen molar-refractivity contribution < 1.29 is 42.3 Å². The predicted octanol–water partition coefficient (Wildman–Crippen LogP) is -0.181. The van der Waals surface area contributed by atoms with Crippen LogP contribution in [0.3, 0.4) is 0 Å². The predicted molar refractivity (Wildman–Crippen MR) is 41.4 cm³/mol. The standard InChI is InChI=1S/C7H15NO3.Cd/c1-2-4-8-6(3-5-9)7(10)11;/h6,8-9H,2-5H2,1H3,(H,10,11);/t6-;/m0./s1. The van der Waals surface area contributed by atoms with Crippen molar-refractivity contribution in [2.75, 3.05) is 13.2 Å². The van der Waals surface area contributed by atoms with Gasteiger partial charge in [0.15, 0.2) is 0 Å². The van der Waals surface area contributed by atoms with Crippen LogP contribution < -0.4 is 5.32 Å². The van der Waals surface area contributed by atoms with E-state index in [-0.39, 0.29) is 40.3 Å². The molecule has 0 fully saturated rings. The molecule has 0 radical (unpaired) electrons. The summed E-state index contributed by atoms with van der Waals surface area (Å²) in [6.07, 6.45) is 1.17. The van der Waals surface area contributed by atoms with Crippen molar-refractivity contribution >= 4 is 5.97 Å². The van der Waals surface area contributed by atoms with Crippen LogP contribution in [0.25, 0.3) is 0 Å². The van der Waals surface area contributed by atoms with Crippen molar-refractivity contribution in [1.82, 2.24) is 5.32 Å². The molecule has 0 amide bonds. The Balaban J connectivity index is 0. The molecule has 12 heavy (non-hydrogen) atoms. The van der Waals surface area contributed by atoms with Gasteiger partial charge in [-0.15, -0.1) is 0 Å². The second-order valence-electron chi connectivity index (χ2n) is 2.36. The van der Waals surface area contributed by atoms with Gasteiger partial charge in [0.05, 0.1) is 0 Å². The molecule has 0 rings (SSSR count). The van der Waals surface area contributed by atoms with Gasteiger partial charge in [-0.2, -0.15) is 0 Å². The molecule has 0 aliphatic carbocycles. The molecule has 68 valence electrons. The number of hydrogen-bond acceptors (Lipinski definition) is 3. The zero-order chi connectivity index (χ0) is 8.69. The third-order valence-electron chi connectivity index (χ3n) is 1.36. The van der Waals surface area contributed by atoms with E-state index in [1.54, 1.807) is 0 Å². The Bertz CT molecular complexity index is 121. The number of rotatable bonds is 6. The first-order valence-corrected chi connectivity index (χ1v) is 3.79. The van der Waals surface area contributed by atoms with Crippen molar-refractivity contribution in [3.8, 4) is 0 Å². The van der Waals surface area contributed by atoms with Crippen LogP contribution in [0.4, 0.5) is 0 Å². The van der Waals surface area contributed by atoms with Gasteiger partial charge in [-0.05, 0) is 19.4 Å². The minimum absolute atomic E-state index is 0. The summed E-state index contributed by atoms with van der Waals surface area (Å²) < 4.78 is 0. The summed E-state index contributed by atoms with van der Waals surface area (Å²) in [5.74, 6) is -0.896. The number of aliphatic carboxylic acids is 1. The zero-order valence-electron chi connectivity index (χ0n) is 7.42. The van der Waals surface area contributed by atoms with Gasteiger partial charge in [-0.3, -0.25) is 4.79 Å². The normalized spacial score (nSPS) is 11.8. The molecular formula is C7H15CdNO3. The molecule has 1 atom stereocenters.